The lowest BCUT2D eigenvalue weighted by molar-refractivity contribution is -0.398. The monoisotopic (exact) mass is 342 g/mol. The predicted molar refractivity (Wildman–Crippen MR) is 84.6 cm³/mol. The van der Waals surface area contributed by atoms with Gasteiger partial charge in [-0.3, -0.25) is 14.9 Å². The molecule has 0 bridgehead atoms. The minimum atomic E-state index is -0.899. The van der Waals surface area contributed by atoms with Crippen LogP contribution in [-0.4, -0.2) is 29.8 Å². The number of amides is 1. The summed E-state index contributed by atoms with van der Waals surface area (Å²) in [4.78, 5) is 22.0. The van der Waals surface area contributed by atoms with Crippen molar-refractivity contribution in [2.75, 3.05) is 6.61 Å². The van der Waals surface area contributed by atoms with Gasteiger partial charge in [-0.05, 0) is 23.4 Å². The quantitative estimate of drug-likeness (QED) is 0.501. The summed E-state index contributed by atoms with van der Waals surface area (Å²) in [6.07, 6.45) is 0.147. The first-order valence-electron chi connectivity index (χ1n) is 7.22. The maximum atomic E-state index is 12.0. The molecule has 0 aromatic heterocycles. The number of para-hydroxylation sites is 3. The largest absolute Gasteiger partial charge is 0.867 e. The van der Waals surface area contributed by atoms with Gasteiger partial charge in [-0.15, -0.1) is 0 Å². The fourth-order valence-corrected chi connectivity index (χ4v) is 2.17. The molecular weight excluding hydrogens is 330 g/mol. The number of nitrogens with zero attached hydrogens (tertiary/aromatic N) is 2. The fourth-order valence-electron chi connectivity index (χ4n) is 2.17. The van der Waals surface area contributed by atoms with Gasteiger partial charge < -0.3 is 14.6 Å². The molecule has 0 spiro atoms. The van der Waals surface area contributed by atoms with Gasteiger partial charge in [-0.1, -0.05) is 24.3 Å². The van der Waals surface area contributed by atoms with E-state index in [1.54, 1.807) is 24.3 Å². The Morgan fingerprint density at radius 3 is 2.76 bits per heavy atom. The highest BCUT2D eigenvalue weighted by Crippen LogP contribution is 2.30. The van der Waals surface area contributed by atoms with Gasteiger partial charge in [0, 0.05) is 6.07 Å². The molecule has 0 saturated heterocycles. The smallest absolute Gasteiger partial charge is 0.284 e. The Morgan fingerprint density at radius 2 is 2.00 bits per heavy atom. The molecule has 25 heavy (non-hydrogen) atoms. The second-order valence-electron chi connectivity index (χ2n) is 5.05. The summed E-state index contributed by atoms with van der Waals surface area (Å²) in [5.41, 5.74) is 1.65. The molecule has 2 aromatic rings. The van der Waals surface area contributed by atoms with Crippen molar-refractivity contribution in [2.45, 2.75) is 6.10 Å². The number of hydrogen-bond donors (Lipinski definition) is 1. The Hall–Kier alpha value is -3.62. The molecule has 1 aliphatic rings. The van der Waals surface area contributed by atoms with Crippen LogP contribution in [0, 0.1) is 10.1 Å². The third-order valence-electron chi connectivity index (χ3n) is 3.40. The van der Waals surface area contributed by atoms with Crippen molar-refractivity contribution in [1.29, 1.82) is 0 Å². The number of carbonyl (C=O) groups excluding carboxylic acids is 1. The highest BCUT2D eigenvalue weighted by atomic mass is 16.6. The summed E-state index contributed by atoms with van der Waals surface area (Å²) in [5, 5.41) is 26.2. The third-order valence-corrected chi connectivity index (χ3v) is 3.40. The van der Waals surface area contributed by atoms with Crippen molar-refractivity contribution in [2.24, 2.45) is 5.10 Å². The predicted octanol–water partition coefficient (Wildman–Crippen LogP) is 0.958. The Bertz CT molecular complexity index is 852. The number of fused-ring (bicyclic) bond motifs is 1. The minimum Gasteiger partial charge on any atom is -0.867 e. The van der Waals surface area contributed by atoms with E-state index in [0.717, 1.165) is 12.3 Å². The van der Waals surface area contributed by atoms with Crippen LogP contribution >= 0.6 is 0 Å². The third kappa shape index (κ3) is 3.50. The molecule has 1 heterocycles. The van der Waals surface area contributed by atoms with Crippen LogP contribution < -0.4 is 20.0 Å². The van der Waals surface area contributed by atoms with Gasteiger partial charge in [0.15, 0.2) is 11.5 Å². The van der Waals surface area contributed by atoms with E-state index in [0.29, 0.717) is 11.5 Å². The number of nitro groups is 1. The summed E-state index contributed by atoms with van der Waals surface area (Å²) in [7, 11) is 0. The number of hydrogen-bond acceptors (Lipinski definition) is 7. The summed E-state index contributed by atoms with van der Waals surface area (Å²) < 4.78 is 10.9. The van der Waals surface area contributed by atoms with E-state index in [2.05, 4.69) is 10.5 Å². The average Bonchev–Trinajstić information content (AvgIpc) is 2.62. The van der Waals surface area contributed by atoms with Crippen molar-refractivity contribution < 1.29 is 24.3 Å². The van der Waals surface area contributed by atoms with Crippen molar-refractivity contribution in [3.63, 3.8) is 0 Å². The van der Waals surface area contributed by atoms with E-state index in [1.165, 1.54) is 12.1 Å². The Morgan fingerprint density at radius 1 is 1.24 bits per heavy atom. The molecule has 2 aromatic carbocycles. The molecule has 9 heteroatoms. The highest BCUT2D eigenvalue weighted by molar-refractivity contribution is 5.87. The lowest BCUT2D eigenvalue weighted by Gasteiger charge is -2.24. The first-order valence-corrected chi connectivity index (χ1v) is 7.22. The highest BCUT2D eigenvalue weighted by Gasteiger charge is 2.26. The summed E-state index contributed by atoms with van der Waals surface area (Å²) in [5.74, 6) is -0.360. The van der Waals surface area contributed by atoms with E-state index in [-0.39, 0.29) is 12.2 Å². The van der Waals surface area contributed by atoms with Gasteiger partial charge in [-0.2, -0.15) is 5.10 Å². The maximum absolute atomic E-state index is 12.0. The van der Waals surface area contributed by atoms with E-state index in [1.807, 2.05) is 0 Å². The Labute approximate surface area is 141 Å². The Kier molecular flexibility index (Phi) is 4.46. The zero-order valence-corrected chi connectivity index (χ0v) is 12.7. The fraction of sp³-hybridized carbons (Fsp3) is 0.125. The van der Waals surface area contributed by atoms with Crippen LogP contribution in [0.5, 0.6) is 17.2 Å². The molecule has 128 valence electrons. The number of nitro benzene ring substituents is 1. The lowest BCUT2D eigenvalue weighted by Crippen LogP contribution is -2.42. The van der Waals surface area contributed by atoms with Gasteiger partial charge in [0.25, 0.3) is 11.6 Å². The van der Waals surface area contributed by atoms with Crippen LogP contribution in [0.15, 0.2) is 47.6 Å². The minimum absolute atomic E-state index is 0.0133. The second-order valence-corrected chi connectivity index (χ2v) is 5.05. The zero-order valence-electron chi connectivity index (χ0n) is 12.7. The molecule has 0 fully saturated rings. The molecule has 0 unspecified atom stereocenters. The molecule has 1 atom stereocenters. The van der Waals surface area contributed by atoms with Crippen LogP contribution in [0.2, 0.25) is 0 Å². The number of benzene rings is 2. The zero-order chi connectivity index (χ0) is 17.8. The summed E-state index contributed by atoms with van der Waals surface area (Å²) in [6, 6.07) is 10.7. The van der Waals surface area contributed by atoms with E-state index in [4.69, 9.17) is 9.47 Å². The normalized spacial score (nSPS) is 15.8. The van der Waals surface area contributed by atoms with Crippen molar-refractivity contribution in [3.8, 4) is 17.2 Å². The lowest BCUT2D eigenvalue weighted by atomic mass is 10.2. The van der Waals surface area contributed by atoms with Crippen LogP contribution in [0.3, 0.4) is 0 Å². The molecule has 1 amide bonds. The standard InChI is InChI=1S/C16H13N3O6/c20-15-10(4-3-5-11(15)19(22)23)8-17-18-16(21)14-9-24-12-6-1-2-7-13(12)25-14/h1-8,14,20H,9H2,(H,18,21)/p-1/b17-8-/t14-/m0/s1. The van der Waals surface area contributed by atoms with Crippen LogP contribution in [0.1, 0.15) is 5.56 Å². The van der Waals surface area contributed by atoms with Crippen LogP contribution in [0.4, 0.5) is 5.69 Å². The van der Waals surface area contributed by atoms with Crippen molar-refractivity contribution in [1.82, 2.24) is 5.43 Å². The topological polar surface area (TPSA) is 126 Å². The van der Waals surface area contributed by atoms with Gasteiger partial charge in [0.1, 0.15) is 6.61 Å². The first-order chi connectivity index (χ1) is 12.1. The number of ether oxygens (including phenoxy) is 2. The molecule has 1 aliphatic heterocycles. The van der Waals surface area contributed by atoms with Gasteiger partial charge >= 0.3 is 0 Å². The molecule has 1 N–H and O–H groups in total. The molecule has 3 rings (SSSR count). The van der Waals surface area contributed by atoms with Crippen LogP contribution in [0.25, 0.3) is 0 Å². The van der Waals surface area contributed by atoms with Crippen LogP contribution in [-0.2, 0) is 4.79 Å². The molecule has 0 radical (unpaired) electrons. The van der Waals surface area contributed by atoms with E-state index >= 15 is 0 Å². The SMILES string of the molecule is O=C(N/N=C\c1cccc([N+](=O)[O-])c1[O-])[C@@H]1COc2ccccc2O1. The molecule has 9 nitrogen and oxygen atoms in total. The first kappa shape index (κ1) is 16.2. The van der Waals surface area contributed by atoms with Gasteiger partial charge in [0.05, 0.1) is 11.1 Å². The molecule has 0 saturated carbocycles. The summed E-state index contributed by atoms with van der Waals surface area (Å²) in [6.45, 7) is 0.0159. The number of rotatable bonds is 4. The average molecular weight is 342 g/mol. The van der Waals surface area contributed by atoms with Crippen molar-refractivity contribution in [3.05, 3.63) is 58.1 Å². The van der Waals surface area contributed by atoms with Gasteiger partial charge in [-0.25, -0.2) is 5.43 Å². The molecule has 0 aliphatic carbocycles. The number of nitrogens with one attached hydrogen (secondary N) is 1. The Balaban J connectivity index is 1.64. The molecular formula is C16H12N3O6-. The van der Waals surface area contributed by atoms with Gasteiger partial charge in [0.2, 0.25) is 6.10 Å². The number of carbonyl (C=O) groups is 1. The summed E-state index contributed by atoms with van der Waals surface area (Å²) >= 11 is 0. The maximum Gasteiger partial charge on any atom is 0.284 e. The van der Waals surface area contributed by atoms with E-state index < -0.39 is 28.4 Å². The van der Waals surface area contributed by atoms with Crippen molar-refractivity contribution >= 4 is 17.8 Å². The number of hydrazone groups is 1. The second kappa shape index (κ2) is 6.87. The van der Waals surface area contributed by atoms with E-state index in [9.17, 15) is 20.0 Å².